The van der Waals surface area contributed by atoms with E-state index in [0.29, 0.717) is 12.1 Å². The highest BCUT2D eigenvalue weighted by molar-refractivity contribution is 5.95. The number of amides is 1. The molecule has 1 heterocycles. The number of hydrogen-bond donors (Lipinski definition) is 2. The third kappa shape index (κ3) is 5.49. The smallest absolute Gasteiger partial charge is 0.251 e. The number of rotatable bonds is 6. The Labute approximate surface area is 182 Å². The van der Waals surface area contributed by atoms with Gasteiger partial charge in [-0.15, -0.1) is 0 Å². The topological polar surface area (TPSA) is 57.8 Å². The standard InChI is InChI=1S/C27H23N3O/c31-27(28-17-7-10-22-19-29-30-20-22)25-15-16-26(23-11-5-2-6-12-23)24(18-25)14-13-21-8-3-1-4-9-21/h1-6,8-9,11-12,15-16,18-20H,7,10,17H2,(H,28,31)(H,29,30). The summed E-state index contributed by atoms with van der Waals surface area (Å²) in [4.78, 5) is 12.7. The quantitative estimate of drug-likeness (QED) is 0.356. The summed E-state index contributed by atoms with van der Waals surface area (Å²) in [6, 6.07) is 25.7. The molecule has 0 saturated heterocycles. The van der Waals surface area contributed by atoms with Gasteiger partial charge in [-0.1, -0.05) is 66.4 Å². The van der Waals surface area contributed by atoms with Gasteiger partial charge in [0.15, 0.2) is 0 Å². The minimum Gasteiger partial charge on any atom is -0.352 e. The molecule has 31 heavy (non-hydrogen) atoms. The lowest BCUT2D eigenvalue weighted by Crippen LogP contribution is -2.24. The van der Waals surface area contributed by atoms with E-state index >= 15 is 0 Å². The van der Waals surface area contributed by atoms with E-state index in [2.05, 4.69) is 39.5 Å². The second kappa shape index (κ2) is 10.1. The maximum absolute atomic E-state index is 12.7. The van der Waals surface area contributed by atoms with Crippen LogP contribution in [0.4, 0.5) is 0 Å². The molecule has 0 saturated carbocycles. The van der Waals surface area contributed by atoms with Crippen molar-refractivity contribution in [2.24, 2.45) is 0 Å². The molecule has 4 rings (SSSR count). The molecule has 4 nitrogen and oxygen atoms in total. The van der Waals surface area contributed by atoms with Crippen molar-refractivity contribution in [2.75, 3.05) is 6.54 Å². The first kappa shape index (κ1) is 20.2. The molecule has 4 aromatic rings. The molecule has 3 aromatic carbocycles. The van der Waals surface area contributed by atoms with Crippen LogP contribution in [0, 0.1) is 11.8 Å². The van der Waals surface area contributed by atoms with E-state index in [9.17, 15) is 4.79 Å². The summed E-state index contributed by atoms with van der Waals surface area (Å²) in [6.07, 6.45) is 5.41. The first-order valence-corrected chi connectivity index (χ1v) is 10.3. The predicted octanol–water partition coefficient (Wildman–Crippen LogP) is 4.84. The van der Waals surface area contributed by atoms with E-state index in [0.717, 1.165) is 40.7 Å². The van der Waals surface area contributed by atoms with Gasteiger partial charge in [-0.3, -0.25) is 9.89 Å². The summed E-state index contributed by atoms with van der Waals surface area (Å²) < 4.78 is 0. The van der Waals surface area contributed by atoms with Crippen molar-refractivity contribution in [2.45, 2.75) is 12.8 Å². The van der Waals surface area contributed by atoms with Gasteiger partial charge in [0.05, 0.1) is 6.20 Å². The van der Waals surface area contributed by atoms with Gasteiger partial charge in [0, 0.05) is 29.4 Å². The maximum Gasteiger partial charge on any atom is 0.251 e. The first-order chi connectivity index (χ1) is 15.3. The molecule has 0 aliphatic rings. The van der Waals surface area contributed by atoms with Crippen molar-refractivity contribution >= 4 is 5.91 Å². The van der Waals surface area contributed by atoms with Gasteiger partial charge in [-0.05, 0) is 53.8 Å². The van der Waals surface area contributed by atoms with Crippen LogP contribution >= 0.6 is 0 Å². The number of H-pyrrole nitrogens is 1. The van der Waals surface area contributed by atoms with Crippen molar-refractivity contribution < 1.29 is 4.79 Å². The molecule has 0 aliphatic carbocycles. The van der Waals surface area contributed by atoms with Crippen LogP contribution < -0.4 is 5.32 Å². The van der Waals surface area contributed by atoms with E-state index in [1.807, 2.05) is 79.1 Å². The molecule has 0 fully saturated rings. The van der Waals surface area contributed by atoms with E-state index in [1.165, 1.54) is 0 Å². The van der Waals surface area contributed by atoms with E-state index in [-0.39, 0.29) is 5.91 Å². The average molecular weight is 406 g/mol. The normalized spacial score (nSPS) is 10.2. The third-order valence-corrected chi connectivity index (χ3v) is 4.96. The second-order valence-corrected chi connectivity index (χ2v) is 7.21. The first-order valence-electron chi connectivity index (χ1n) is 10.3. The van der Waals surface area contributed by atoms with Crippen molar-refractivity contribution in [3.05, 3.63) is 114 Å². The summed E-state index contributed by atoms with van der Waals surface area (Å²) in [6.45, 7) is 0.607. The summed E-state index contributed by atoms with van der Waals surface area (Å²) in [5.74, 6) is 6.39. The molecule has 0 aliphatic heterocycles. The molecule has 1 amide bonds. The fourth-order valence-electron chi connectivity index (χ4n) is 3.33. The van der Waals surface area contributed by atoms with Crippen LogP contribution in [0.1, 0.15) is 33.5 Å². The molecule has 1 aromatic heterocycles. The van der Waals surface area contributed by atoms with Crippen LogP contribution in [0.25, 0.3) is 11.1 Å². The van der Waals surface area contributed by atoms with Gasteiger partial charge in [-0.2, -0.15) is 5.10 Å². The molecule has 0 bridgehead atoms. The Kier molecular flexibility index (Phi) is 6.57. The lowest BCUT2D eigenvalue weighted by atomic mass is 9.97. The van der Waals surface area contributed by atoms with Crippen LogP contribution in [-0.2, 0) is 6.42 Å². The number of aromatic amines is 1. The molecule has 0 spiro atoms. The Morgan fingerprint density at radius 3 is 2.45 bits per heavy atom. The summed E-state index contributed by atoms with van der Waals surface area (Å²) in [5, 5.41) is 9.75. The predicted molar refractivity (Wildman–Crippen MR) is 124 cm³/mol. The Morgan fingerprint density at radius 2 is 1.71 bits per heavy atom. The highest BCUT2D eigenvalue weighted by atomic mass is 16.1. The lowest BCUT2D eigenvalue weighted by molar-refractivity contribution is 0.0953. The Morgan fingerprint density at radius 1 is 0.935 bits per heavy atom. The zero-order valence-corrected chi connectivity index (χ0v) is 17.1. The van der Waals surface area contributed by atoms with Crippen molar-refractivity contribution in [1.82, 2.24) is 15.5 Å². The number of hydrogen-bond acceptors (Lipinski definition) is 2. The van der Waals surface area contributed by atoms with Gasteiger partial charge in [0.1, 0.15) is 0 Å². The lowest BCUT2D eigenvalue weighted by Gasteiger charge is -2.09. The monoisotopic (exact) mass is 405 g/mol. The van der Waals surface area contributed by atoms with Gasteiger partial charge in [0.2, 0.25) is 0 Å². The largest absolute Gasteiger partial charge is 0.352 e. The Bertz CT molecular complexity index is 1190. The average Bonchev–Trinajstić information content (AvgIpc) is 3.35. The third-order valence-electron chi connectivity index (χ3n) is 4.96. The maximum atomic E-state index is 12.7. The van der Waals surface area contributed by atoms with Gasteiger partial charge in [0.25, 0.3) is 5.91 Å². The molecular weight excluding hydrogens is 382 g/mol. The Hall–Kier alpha value is -4.10. The summed E-state index contributed by atoms with van der Waals surface area (Å²) in [5.41, 5.74) is 5.62. The van der Waals surface area contributed by atoms with E-state index in [1.54, 1.807) is 0 Å². The van der Waals surface area contributed by atoms with Crippen LogP contribution in [0.2, 0.25) is 0 Å². The number of benzene rings is 3. The highest BCUT2D eigenvalue weighted by Gasteiger charge is 2.10. The number of nitrogens with one attached hydrogen (secondary N) is 2. The zero-order chi connectivity index (χ0) is 21.3. The van der Waals surface area contributed by atoms with Gasteiger partial charge < -0.3 is 5.32 Å². The van der Waals surface area contributed by atoms with E-state index < -0.39 is 0 Å². The fraction of sp³-hybridized carbons (Fsp3) is 0.111. The fourth-order valence-corrected chi connectivity index (χ4v) is 3.33. The number of carbonyl (C=O) groups is 1. The number of carbonyl (C=O) groups excluding carboxylic acids is 1. The molecule has 0 atom stereocenters. The van der Waals surface area contributed by atoms with Crippen molar-refractivity contribution in [3.63, 3.8) is 0 Å². The summed E-state index contributed by atoms with van der Waals surface area (Å²) >= 11 is 0. The molecule has 0 radical (unpaired) electrons. The Balaban J connectivity index is 1.53. The minimum absolute atomic E-state index is 0.0884. The molecule has 4 heteroatoms. The molecule has 152 valence electrons. The zero-order valence-electron chi connectivity index (χ0n) is 17.1. The van der Waals surface area contributed by atoms with Gasteiger partial charge >= 0.3 is 0 Å². The number of nitrogens with zero attached hydrogens (tertiary/aromatic N) is 1. The van der Waals surface area contributed by atoms with Crippen LogP contribution in [0.15, 0.2) is 91.3 Å². The van der Waals surface area contributed by atoms with Crippen LogP contribution in [-0.4, -0.2) is 22.6 Å². The van der Waals surface area contributed by atoms with Crippen molar-refractivity contribution in [1.29, 1.82) is 0 Å². The molecule has 0 unspecified atom stereocenters. The molecular formula is C27H23N3O. The van der Waals surface area contributed by atoms with Crippen LogP contribution in [0.3, 0.4) is 0 Å². The number of aryl methyl sites for hydroxylation is 1. The highest BCUT2D eigenvalue weighted by Crippen LogP contribution is 2.24. The second-order valence-electron chi connectivity index (χ2n) is 7.21. The van der Waals surface area contributed by atoms with Crippen molar-refractivity contribution in [3.8, 4) is 23.0 Å². The number of aromatic nitrogens is 2. The van der Waals surface area contributed by atoms with Crippen LogP contribution in [0.5, 0.6) is 0 Å². The molecule has 2 N–H and O–H groups in total. The minimum atomic E-state index is -0.0884. The SMILES string of the molecule is O=C(NCCCc1cn[nH]c1)c1ccc(-c2ccccc2)c(C#Cc2ccccc2)c1. The van der Waals surface area contributed by atoms with E-state index in [4.69, 9.17) is 0 Å². The summed E-state index contributed by atoms with van der Waals surface area (Å²) in [7, 11) is 0. The van der Waals surface area contributed by atoms with Gasteiger partial charge in [-0.25, -0.2) is 0 Å².